The maximum Gasteiger partial charge on any atom is 0.410 e. The van der Waals surface area contributed by atoms with E-state index in [9.17, 15) is 4.79 Å². The average Bonchev–Trinajstić information content (AvgIpc) is 2.63. The highest BCUT2D eigenvalue weighted by Gasteiger charge is 2.54. The van der Waals surface area contributed by atoms with Crippen LogP contribution >= 0.6 is 11.6 Å². The molecule has 7 heteroatoms. The van der Waals surface area contributed by atoms with Crippen molar-refractivity contribution in [3.8, 4) is 0 Å². The molecule has 1 saturated carbocycles. The lowest BCUT2D eigenvalue weighted by atomic mass is 9.57. The first kappa shape index (κ1) is 22.8. The number of ether oxygens (including phenoxy) is 1. The summed E-state index contributed by atoms with van der Waals surface area (Å²) in [5.41, 5.74) is 6.34. The first-order chi connectivity index (χ1) is 14.2. The number of benzene rings is 1. The van der Waals surface area contributed by atoms with Crippen LogP contribution in [0, 0.1) is 11.3 Å². The van der Waals surface area contributed by atoms with Gasteiger partial charge in [-0.25, -0.2) is 4.79 Å². The van der Waals surface area contributed by atoms with Gasteiger partial charge in [-0.05, 0) is 57.7 Å². The standard InChI is InChI=1S/C23H33ClN4O2/c1-22(2,3)30-21(29)28-14-9-16(15-27-13-12-25)19(26)20(28)23(10-4-11-23)17-5-7-18(24)8-6-17/h5-8,15-16,20,26H,4,9-14,25H2,1-3H3. The lowest BCUT2D eigenvalue weighted by Crippen LogP contribution is -2.64. The minimum absolute atomic E-state index is 0.0926. The number of piperidine rings is 1. The number of nitrogens with zero attached hydrogens (tertiary/aromatic N) is 2. The second-order valence-corrected chi connectivity index (χ2v) is 9.72. The van der Waals surface area contributed by atoms with Crippen molar-refractivity contribution in [3.63, 3.8) is 0 Å². The van der Waals surface area contributed by atoms with E-state index in [0.717, 1.165) is 24.8 Å². The van der Waals surface area contributed by atoms with E-state index in [1.165, 1.54) is 0 Å². The van der Waals surface area contributed by atoms with E-state index in [1.54, 1.807) is 4.90 Å². The van der Waals surface area contributed by atoms with Crippen LogP contribution in [0.25, 0.3) is 0 Å². The van der Waals surface area contributed by atoms with Gasteiger partial charge in [0.05, 0.1) is 12.6 Å². The van der Waals surface area contributed by atoms with E-state index in [-0.39, 0.29) is 23.5 Å². The fourth-order valence-corrected chi connectivity index (χ4v) is 4.66. The van der Waals surface area contributed by atoms with Crippen molar-refractivity contribution in [2.45, 2.75) is 63.5 Å². The summed E-state index contributed by atoms with van der Waals surface area (Å²) in [5.74, 6) is -0.0926. The summed E-state index contributed by atoms with van der Waals surface area (Å²) in [7, 11) is 0. The average molecular weight is 433 g/mol. The number of amides is 1. The van der Waals surface area contributed by atoms with Gasteiger partial charge in [-0.15, -0.1) is 0 Å². The van der Waals surface area contributed by atoms with E-state index >= 15 is 0 Å². The predicted octanol–water partition coefficient (Wildman–Crippen LogP) is 4.44. The zero-order valence-electron chi connectivity index (χ0n) is 18.2. The molecule has 1 aliphatic heterocycles. The number of carbonyl (C=O) groups excluding carboxylic acids is 1. The SMILES string of the molecule is CC(C)(C)OC(=O)N1CCC(C=NCCN)C(=N)C1C1(c2ccc(Cl)cc2)CCC1. The van der Waals surface area contributed by atoms with Crippen LogP contribution in [0.5, 0.6) is 0 Å². The Bertz CT molecular complexity index is 796. The van der Waals surface area contributed by atoms with Crippen molar-refractivity contribution in [1.82, 2.24) is 4.90 Å². The minimum Gasteiger partial charge on any atom is -0.444 e. The highest BCUT2D eigenvalue weighted by atomic mass is 35.5. The molecule has 3 rings (SSSR count). The molecule has 0 aromatic heterocycles. The van der Waals surface area contributed by atoms with E-state index < -0.39 is 5.60 Å². The molecule has 1 heterocycles. The molecule has 2 unspecified atom stereocenters. The Morgan fingerprint density at radius 3 is 2.57 bits per heavy atom. The molecular formula is C23H33ClN4O2. The number of rotatable bonds is 5. The fourth-order valence-electron chi connectivity index (χ4n) is 4.54. The summed E-state index contributed by atoms with van der Waals surface area (Å²) in [6.45, 7) is 7.18. The lowest BCUT2D eigenvalue weighted by molar-refractivity contribution is 0.00330. The van der Waals surface area contributed by atoms with Crippen molar-refractivity contribution in [1.29, 1.82) is 5.41 Å². The molecule has 2 aliphatic rings. The summed E-state index contributed by atoms with van der Waals surface area (Å²) in [5, 5.41) is 9.76. The highest BCUT2D eigenvalue weighted by Crippen LogP contribution is 2.50. The molecule has 2 fully saturated rings. The number of likely N-dealkylation sites (tertiary alicyclic amines) is 1. The molecule has 164 valence electrons. The van der Waals surface area contributed by atoms with Gasteiger partial charge in [0, 0.05) is 41.4 Å². The molecule has 0 radical (unpaired) electrons. The Morgan fingerprint density at radius 1 is 1.37 bits per heavy atom. The van der Waals surface area contributed by atoms with Gasteiger partial charge < -0.3 is 15.9 Å². The highest BCUT2D eigenvalue weighted by molar-refractivity contribution is 6.30. The Kier molecular flexibility index (Phi) is 6.88. The minimum atomic E-state index is -0.587. The van der Waals surface area contributed by atoms with Crippen LogP contribution in [0.2, 0.25) is 5.02 Å². The third kappa shape index (κ3) is 4.70. The molecule has 3 N–H and O–H groups in total. The number of nitrogens with two attached hydrogens (primary N) is 1. The first-order valence-electron chi connectivity index (χ1n) is 10.7. The Morgan fingerprint density at radius 2 is 2.03 bits per heavy atom. The van der Waals surface area contributed by atoms with Crippen LogP contribution in [-0.4, -0.2) is 54.2 Å². The van der Waals surface area contributed by atoms with Crippen molar-refractivity contribution in [3.05, 3.63) is 34.9 Å². The van der Waals surface area contributed by atoms with E-state index in [0.29, 0.717) is 36.8 Å². The first-order valence-corrected chi connectivity index (χ1v) is 11.1. The molecule has 1 aromatic carbocycles. The van der Waals surface area contributed by atoms with Crippen LogP contribution in [0.3, 0.4) is 0 Å². The van der Waals surface area contributed by atoms with Crippen LogP contribution in [-0.2, 0) is 10.2 Å². The van der Waals surface area contributed by atoms with Crippen LogP contribution in [0.15, 0.2) is 29.3 Å². The molecule has 1 aliphatic carbocycles. The second-order valence-electron chi connectivity index (χ2n) is 9.29. The number of aliphatic imine (C=N–C) groups is 1. The summed E-state index contributed by atoms with van der Waals surface area (Å²) in [6.07, 6.45) is 5.08. The van der Waals surface area contributed by atoms with Crippen molar-refractivity contribution in [2.75, 3.05) is 19.6 Å². The zero-order valence-corrected chi connectivity index (χ0v) is 18.9. The third-order valence-corrected chi connectivity index (χ3v) is 6.30. The number of nitrogens with one attached hydrogen (secondary N) is 1. The fraction of sp³-hybridized carbons (Fsp3) is 0.609. The van der Waals surface area contributed by atoms with E-state index in [4.69, 9.17) is 27.5 Å². The summed E-state index contributed by atoms with van der Waals surface area (Å²) in [6, 6.07) is 7.50. The van der Waals surface area contributed by atoms with Crippen LogP contribution < -0.4 is 5.73 Å². The third-order valence-electron chi connectivity index (χ3n) is 6.05. The van der Waals surface area contributed by atoms with Gasteiger partial charge in [0.25, 0.3) is 0 Å². The number of carbonyl (C=O) groups is 1. The van der Waals surface area contributed by atoms with Gasteiger partial charge in [0.1, 0.15) is 5.60 Å². The maximum atomic E-state index is 13.1. The molecular weight excluding hydrogens is 400 g/mol. The quantitative estimate of drug-likeness (QED) is 0.674. The largest absolute Gasteiger partial charge is 0.444 e. The Labute approximate surface area is 184 Å². The Balaban J connectivity index is 1.98. The number of hydrogen-bond donors (Lipinski definition) is 2. The topological polar surface area (TPSA) is 91.8 Å². The molecule has 1 saturated heterocycles. The molecule has 0 bridgehead atoms. The van der Waals surface area contributed by atoms with Gasteiger partial charge in [-0.2, -0.15) is 0 Å². The lowest BCUT2D eigenvalue weighted by Gasteiger charge is -2.54. The summed E-state index contributed by atoms with van der Waals surface area (Å²) >= 11 is 6.13. The normalized spacial score (nSPS) is 24.0. The van der Waals surface area contributed by atoms with Crippen molar-refractivity contribution >= 4 is 29.6 Å². The molecule has 1 amide bonds. The van der Waals surface area contributed by atoms with Crippen LogP contribution in [0.1, 0.15) is 52.0 Å². The van der Waals surface area contributed by atoms with Gasteiger partial charge in [0.15, 0.2) is 0 Å². The molecule has 1 aromatic rings. The smallest absolute Gasteiger partial charge is 0.410 e. The molecule has 30 heavy (non-hydrogen) atoms. The Hall–Kier alpha value is -1.92. The van der Waals surface area contributed by atoms with Crippen molar-refractivity contribution < 1.29 is 9.53 Å². The number of hydrogen-bond acceptors (Lipinski definition) is 5. The van der Waals surface area contributed by atoms with Gasteiger partial charge in [-0.1, -0.05) is 30.2 Å². The monoisotopic (exact) mass is 432 g/mol. The van der Waals surface area contributed by atoms with Gasteiger partial charge in [0.2, 0.25) is 0 Å². The zero-order chi connectivity index (χ0) is 21.9. The predicted molar refractivity (Wildman–Crippen MR) is 122 cm³/mol. The van der Waals surface area contributed by atoms with E-state index in [1.807, 2.05) is 51.3 Å². The van der Waals surface area contributed by atoms with E-state index in [2.05, 4.69) is 4.99 Å². The van der Waals surface area contributed by atoms with Crippen LogP contribution in [0.4, 0.5) is 4.79 Å². The second kappa shape index (κ2) is 9.06. The van der Waals surface area contributed by atoms with Crippen molar-refractivity contribution in [2.24, 2.45) is 16.6 Å². The number of halogens is 1. The summed E-state index contributed by atoms with van der Waals surface area (Å²) < 4.78 is 5.73. The van der Waals surface area contributed by atoms with Gasteiger partial charge >= 0.3 is 6.09 Å². The maximum absolute atomic E-state index is 13.1. The molecule has 0 spiro atoms. The molecule has 2 atom stereocenters. The molecule has 6 nitrogen and oxygen atoms in total. The van der Waals surface area contributed by atoms with Gasteiger partial charge in [-0.3, -0.25) is 9.89 Å². The summed E-state index contributed by atoms with van der Waals surface area (Å²) in [4.78, 5) is 19.3.